The van der Waals surface area contributed by atoms with Crippen LogP contribution in [0.2, 0.25) is 0 Å². The highest BCUT2D eigenvalue weighted by atomic mass is 16.5. The minimum atomic E-state index is 0.986. The van der Waals surface area contributed by atoms with Crippen molar-refractivity contribution in [2.24, 2.45) is 0 Å². The molecule has 2 aromatic carbocycles. The van der Waals surface area contributed by atoms with Crippen LogP contribution >= 0.6 is 0 Å². The Hall–Kier alpha value is -1.84. The second-order valence-electron chi connectivity index (χ2n) is 6.87. The molecule has 27 heavy (non-hydrogen) atoms. The first-order valence-electron chi connectivity index (χ1n) is 10.5. The van der Waals surface area contributed by atoms with E-state index in [1.807, 2.05) is 0 Å². The van der Waals surface area contributed by atoms with Gasteiger partial charge in [-0.15, -0.1) is 0 Å². The largest absolute Gasteiger partial charge is 0.457 e. The van der Waals surface area contributed by atoms with E-state index in [2.05, 4.69) is 86.0 Å². The topological polar surface area (TPSA) is 15.7 Å². The van der Waals surface area contributed by atoms with Crippen LogP contribution in [0.25, 0.3) is 0 Å². The average Bonchev–Trinajstić information content (AvgIpc) is 2.71. The maximum Gasteiger partial charge on any atom is 0.130 e. The van der Waals surface area contributed by atoms with E-state index < -0.39 is 0 Å². The Kier molecular flexibility index (Phi) is 9.37. The van der Waals surface area contributed by atoms with Crippen molar-refractivity contribution in [3.8, 4) is 11.5 Å². The average molecular weight is 369 g/mol. The van der Waals surface area contributed by atoms with Gasteiger partial charge >= 0.3 is 0 Å². The fourth-order valence-corrected chi connectivity index (χ4v) is 3.38. The number of hydrogen-bond acceptors (Lipinski definition) is 3. The highest BCUT2D eigenvalue weighted by Gasteiger charge is 2.10. The smallest absolute Gasteiger partial charge is 0.130 e. The van der Waals surface area contributed by atoms with Crippen LogP contribution in [-0.2, 0) is 12.8 Å². The predicted octanol–water partition coefficient (Wildman–Crippen LogP) is 5.25. The van der Waals surface area contributed by atoms with Crippen LogP contribution in [-0.4, -0.2) is 49.1 Å². The van der Waals surface area contributed by atoms with Gasteiger partial charge in [0.2, 0.25) is 0 Å². The van der Waals surface area contributed by atoms with E-state index in [0.717, 1.165) is 63.6 Å². The van der Waals surface area contributed by atoms with E-state index >= 15 is 0 Å². The highest BCUT2D eigenvalue weighted by Crippen LogP contribution is 2.29. The fourth-order valence-electron chi connectivity index (χ4n) is 3.38. The van der Waals surface area contributed by atoms with Gasteiger partial charge in [-0.1, -0.05) is 64.1 Å². The molecule has 3 heteroatoms. The Balaban J connectivity index is 2.11. The summed E-state index contributed by atoms with van der Waals surface area (Å²) in [6, 6.07) is 16.9. The minimum absolute atomic E-state index is 0.986. The van der Waals surface area contributed by atoms with Gasteiger partial charge in [-0.25, -0.2) is 0 Å². The van der Waals surface area contributed by atoms with E-state index in [-0.39, 0.29) is 0 Å². The molecule has 0 atom stereocenters. The molecular weight excluding hydrogens is 332 g/mol. The van der Waals surface area contributed by atoms with E-state index in [0.29, 0.717) is 0 Å². The number of ether oxygens (including phenoxy) is 1. The molecule has 0 spiro atoms. The molecular formula is C24H36N2O. The lowest BCUT2D eigenvalue weighted by Crippen LogP contribution is -2.25. The third-order valence-electron chi connectivity index (χ3n) is 5.35. The van der Waals surface area contributed by atoms with Crippen molar-refractivity contribution in [3.63, 3.8) is 0 Å². The van der Waals surface area contributed by atoms with E-state index in [4.69, 9.17) is 4.74 Å². The summed E-state index contributed by atoms with van der Waals surface area (Å²) in [5, 5.41) is 0. The standard InChI is InChI=1S/C24H36N2O/c1-5-25(6-2)19-17-21-13-9-11-15-23(21)27-24-16-12-10-14-22(24)18-20-26(7-3)8-4/h9-16H,5-8,17-20H2,1-4H3. The van der Waals surface area contributed by atoms with Crippen LogP contribution in [0.5, 0.6) is 11.5 Å². The molecule has 2 aromatic rings. The third kappa shape index (κ3) is 6.67. The molecule has 0 unspecified atom stereocenters. The Labute approximate surface area is 166 Å². The second kappa shape index (κ2) is 11.8. The second-order valence-corrected chi connectivity index (χ2v) is 6.87. The number of likely N-dealkylation sites (N-methyl/N-ethyl adjacent to an activating group) is 2. The van der Waals surface area contributed by atoms with E-state index in [1.54, 1.807) is 0 Å². The van der Waals surface area contributed by atoms with Crippen molar-refractivity contribution >= 4 is 0 Å². The number of hydrogen-bond donors (Lipinski definition) is 0. The summed E-state index contributed by atoms with van der Waals surface area (Å²) in [5.41, 5.74) is 2.56. The summed E-state index contributed by atoms with van der Waals surface area (Å²) < 4.78 is 6.40. The van der Waals surface area contributed by atoms with Gasteiger partial charge in [-0.05, 0) is 62.3 Å². The Bertz CT molecular complexity index is 605. The molecule has 0 fully saturated rings. The van der Waals surface area contributed by atoms with E-state index in [9.17, 15) is 0 Å². The third-order valence-corrected chi connectivity index (χ3v) is 5.35. The quantitative estimate of drug-likeness (QED) is 0.509. The highest BCUT2D eigenvalue weighted by molar-refractivity contribution is 5.41. The van der Waals surface area contributed by atoms with Crippen molar-refractivity contribution in [3.05, 3.63) is 59.7 Å². The van der Waals surface area contributed by atoms with Gasteiger partial charge in [0, 0.05) is 13.1 Å². The summed E-state index contributed by atoms with van der Waals surface area (Å²) in [6.07, 6.45) is 2.03. The van der Waals surface area contributed by atoms with Gasteiger partial charge < -0.3 is 14.5 Å². The molecule has 148 valence electrons. The molecule has 0 aliphatic heterocycles. The van der Waals surface area contributed by atoms with Gasteiger partial charge in [0.15, 0.2) is 0 Å². The van der Waals surface area contributed by atoms with Crippen LogP contribution in [0.4, 0.5) is 0 Å². The lowest BCUT2D eigenvalue weighted by Gasteiger charge is -2.20. The summed E-state index contributed by atoms with van der Waals surface area (Å²) in [7, 11) is 0. The summed E-state index contributed by atoms with van der Waals surface area (Å²) in [5.74, 6) is 1.97. The maximum absolute atomic E-state index is 6.40. The summed E-state index contributed by atoms with van der Waals surface area (Å²) in [6.45, 7) is 15.4. The van der Waals surface area contributed by atoms with Crippen LogP contribution in [0.1, 0.15) is 38.8 Å². The Morgan fingerprint density at radius 1 is 0.593 bits per heavy atom. The molecule has 0 N–H and O–H groups in total. The van der Waals surface area contributed by atoms with Crippen LogP contribution in [0.3, 0.4) is 0 Å². The molecule has 3 nitrogen and oxygen atoms in total. The molecule has 0 radical (unpaired) electrons. The SMILES string of the molecule is CCN(CC)CCc1ccccc1Oc1ccccc1CCN(CC)CC. The monoisotopic (exact) mass is 368 g/mol. The number of para-hydroxylation sites is 2. The molecule has 0 heterocycles. The molecule has 0 aliphatic rings. The zero-order chi connectivity index (χ0) is 19.5. The number of nitrogens with zero attached hydrogens (tertiary/aromatic N) is 2. The van der Waals surface area contributed by atoms with Gasteiger partial charge in [0.25, 0.3) is 0 Å². The molecule has 0 aromatic heterocycles. The molecule has 0 saturated carbocycles. The molecule has 0 amide bonds. The first-order valence-corrected chi connectivity index (χ1v) is 10.5. The van der Waals surface area contributed by atoms with Gasteiger partial charge in [-0.3, -0.25) is 0 Å². The van der Waals surface area contributed by atoms with Crippen LogP contribution in [0, 0.1) is 0 Å². The predicted molar refractivity (Wildman–Crippen MR) is 116 cm³/mol. The Morgan fingerprint density at radius 2 is 0.963 bits per heavy atom. The van der Waals surface area contributed by atoms with Gasteiger partial charge in [0.1, 0.15) is 11.5 Å². The normalized spacial score (nSPS) is 11.3. The fraction of sp³-hybridized carbons (Fsp3) is 0.500. The van der Waals surface area contributed by atoms with Crippen LogP contribution in [0.15, 0.2) is 48.5 Å². The van der Waals surface area contributed by atoms with Crippen molar-refractivity contribution < 1.29 is 4.74 Å². The van der Waals surface area contributed by atoms with Crippen molar-refractivity contribution in [2.45, 2.75) is 40.5 Å². The lowest BCUT2D eigenvalue weighted by atomic mass is 10.1. The first kappa shape index (κ1) is 21.5. The number of benzene rings is 2. The lowest BCUT2D eigenvalue weighted by molar-refractivity contribution is 0.305. The zero-order valence-electron chi connectivity index (χ0n) is 17.6. The van der Waals surface area contributed by atoms with Gasteiger partial charge in [0.05, 0.1) is 0 Å². The summed E-state index contributed by atoms with van der Waals surface area (Å²) >= 11 is 0. The van der Waals surface area contributed by atoms with Crippen LogP contribution < -0.4 is 4.74 Å². The van der Waals surface area contributed by atoms with Crippen molar-refractivity contribution in [1.29, 1.82) is 0 Å². The number of rotatable bonds is 12. The molecule has 0 saturated heterocycles. The zero-order valence-corrected chi connectivity index (χ0v) is 17.6. The Morgan fingerprint density at radius 3 is 1.33 bits per heavy atom. The van der Waals surface area contributed by atoms with Crippen molar-refractivity contribution in [1.82, 2.24) is 9.80 Å². The van der Waals surface area contributed by atoms with E-state index in [1.165, 1.54) is 11.1 Å². The molecule has 0 bridgehead atoms. The minimum Gasteiger partial charge on any atom is -0.457 e. The molecule has 0 aliphatic carbocycles. The van der Waals surface area contributed by atoms with Gasteiger partial charge in [-0.2, -0.15) is 0 Å². The maximum atomic E-state index is 6.40. The summed E-state index contributed by atoms with van der Waals surface area (Å²) in [4.78, 5) is 4.91. The van der Waals surface area contributed by atoms with Crippen molar-refractivity contribution in [2.75, 3.05) is 39.3 Å². The first-order chi connectivity index (χ1) is 13.2. The molecule has 2 rings (SSSR count).